The molecule has 2 saturated heterocycles. The number of hydrogen-bond acceptors (Lipinski definition) is 6. The number of nitrogens with zero attached hydrogens (tertiary/aromatic N) is 2. The van der Waals surface area contributed by atoms with E-state index in [4.69, 9.17) is 0 Å². The van der Waals surface area contributed by atoms with Gasteiger partial charge >= 0.3 is 0 Å². The second-order valence-electron chi connectivity index (χ2n) is 7.61. The van der Waals surface area contributed by atoms with Crippen molar-refractivity contribution in [2.75, 3.05) is 29.7 Å². The molecule has 0 radical (unpaired) electrons. The number of nitrogens with one attached hydrogen (secondary N) is 1. The molecule has 0 spiro atoms. The first-order valence-electron chi connectivity index (χ1n) is 10.2. The van der Waals surface area contributed by atoms with Gasteiger partial charge in [0, 0.05) is 23.4 Å². The van der Waals surface area contributed by atoms with Gasteiger partial charge in [-0.3, -0.25) is 14.5 Å². The summed E-state index contributed by atoms with van der Waals surface area (Å²) in [4.78, 5) is 28.3. The van der Waals surface area contributed by atoms with E-state index >= 15 is 0 Å². The summed E-state index contributed by atoms with van der Waals surface area (Å²) in [5, 5.41) is 5.08. The van der Waals surface area contributed by atoms with Gasteiger partial charge in [0.2, 0.25) is 15.9 Å². The zero-order valence-corrected chi connectivity index (χ0v) is 18.3. The van der Waals surface area contributed by atoms with Crippen LogP contribution in [0, 0.1) is 0 Å². The van der Waals surface area contributed by atoms with Crippen molar-refractivity contribution in [3.63, 3.8) is 0 Å². The van der Waals surface area contributed by atoms with Gasteiger partial charge in [-0.15, -0.1) is 11.3 Å². The van der Waals surface area contributed by atoms with Crippen LogP contribution < -0.4 is 9.62 Å². The molecule has 2 amide bonds. The average Bonchev–Trinajstić information content (AvgIpc) is 3.37. The fraction of sp³-hybridized carbons (Fsp3) is 0.429. The molecule has 1 N–H and O–H groups in total. The van der Waals surface area contributed by atoms with Gasteiger partial charge in [0.1, 0.15) is 0 Å². The van der Waals surface area contributed by atoms with Crippen LogP contribution in [0.5, 0.6) is 0 Å². The van der Waals surface area contributed by atoms with Crippen molar-refractivity contribution >= 4 is 38.9 Å². The van der Waals surface area contributed by atoms with E-state index in [1.165, 1.54) is 36.3 Å². The summed E-state index contributed by atoms with van der Waals surface area (Å²) in [5.41, 5.74) is 0.713. The Morgan fingerprint density at radius 2 is 1.83 bits per heavy atom. The Morgan fingerprint density at radius 1 is 1.10 bits per heavy atom. The summed E-state index contributed by atoms with van der Waals surface area (Å²) < 4.78 is 24.9. The maximum Gasteiger partial charge on any atom is 0.251 e. The Bertz CT molecular complexity index is 997. The smallest absolute Gasteiger partial charge is 0.251 e. The number of carbonyl (C=O) groups is 2. The van der Waals surface area contributed by atoms with Crippen molar-refractivity contribution in [2.24, 2.45) is 0 Å². The number of likely N-dealkylation sites (tertiary alicyclic amines) is 1. The molecule has 0 saturated carbocycles. The van der Waals surface area contributed by atoms with Crippen LogP contribution in [-0.4, -0.2) is 50.5 Å². The van der Waals surface area contributed by atoms with Crippen molar-refractivity contribution in [3.05, 3.63) is 52.2 Å². The Hall–Kier alpha value is -2.23. The van der Waals surface area contributed by atoms with E-state index in [-0.39, 0.29) is 29.8 Å². The quantitative estimate of drug-likeness (QED) is 0.736. The molecule has 2 aliphatic heterocycles. The van der Waals surface area contributed by atoms with E-state index in [9.17, 15) is 18.0 Å². The van der Waals surface area contributed by atoms with Crippen molar-refractivity contribution in [1.29, 1.82) is 0 Å². The van der Waals surface area contributed by atoms with E-state index < -0.39 is 15.9 Å². The third-order valence-electron chi connectivity index (χ3n) is 5.60. The van der Waals surface area contributed by atoms with Crippen molar-refractivity contribution in [2.45, 2.75) is 31.7 Å². The monoisotopic (exact) mass is 447 g/mol. The van der Waals surface area contributed by atoms with Gasteiger partial charge in [-0.25, -0.2) is 12.7 Å². The molecule has 4 rings (SSSR count). The first-order valence-corrected chi connectivity index (χ1v) is 12.7. The largest absolute Gasteiger partial charge is 0.350 e. The Morgan fingerprint density at radius 3 is 2.43 bits per heavy atom. The third kappa shape index (κ3) is 4.43. The molecule has 160 valence electrons. The molecule has 1 atom stereocenters. The maximum atomic E-state index is 12.7. The maximum absolute atomic E-state index is 12.7. The topological polar surface area (TPSA) is 86.8 Å². The highest BCUT2D eigenvalue weighted by molar-refractivity contribution is 7.94. The van der Waals surface area contributed by atoms with Crippen LogP contribution in [0.15, 0.2) is 41.8 Å². The van der Waals surface area contributed by atoms with Gasteiger partial charge < -0.3 is 5.32 Å². The lowest BCUT2D eigenvalue weighted by molar-refractivity contribution is -0.116. The minimum Gasteiger partial charge on any atom is -0.350 e. The summed E-state index contributed by atoms with van der Waals surface area (Å²) >= 11 is 1.70. The molecule has 2 aromatic rings. The van der Waals surface area contributed by atoms with Crippen molar-refractivity contribution in [1.82, 2.24) is 10.2 Å². The Balaban J connectivity index is 1.43. The van der Waals surface area contributed by atoms with E-state index in [1.807, 2.05) is 6.07 Å². The minimum absolute atomic E-state index is 0.00875. The number of rotatable bonds is 6. The normalized spacial score (nSPS) is 20.3. The van der Waals surface area contributed by atoms with Gasteiger partial charge in [0.25, 0.3) is 5.91 Å². The molecule has 0 aliphatic carbocycles. The molecule has 9 heteroatoms. The van der Waals surface area contributed by atoms with E-state index in [0.29, 0.717) is 12.1 Å². The molecule has 1 aromatic carbocycles. The van der Waals surface area contributed by atoms with Crippen LogP contribution in [-0.2, 0) is 14.8 Å². The average molecular weight is 448 g/mol. The number of anilines is 1. The Labute approximate surface area is 180 Å². The van der Waals surface area contributed by atoms with Crippen molar-refractivity contribution < 1.29 is 18.0 Å². The molecule has 1 aromatic heterocycles. The zero-order valence-electron chi connectivity index (χ0n) is 16.6. The summed E-state index contributed by atoms with van der Waals surface area (Å²) in [6.07, 6.45) is 3.59. The van der Waals surface area contributed by atoms with Gasteiger partial charge in [-0.05, 0) is 61.6 Å². The van der Waals surface area contributed by atoms with E-state index in [1.54, 1.807) is 23.5 Å². The highest BCUT2D eigenvalue weighted by Gasteiger charge is 2.36. The standard InChI is InChI=1S/C21H25N3O4S2/c25-20-10-14-30(27,28)24(20)17-8-6-16(7-9-17)21(26)22-15-18(19-5-4-13-29-19)23-11-2-1-3-12-23/h4-9,13,18H,1-3,10-12,14-15H2,(H,22,26). The summed E-state index contributed by atoms with van der Waals surface area (Å²) in [7, 11) is -3.60. The van der Waals surface area contributed by atoms with Crippen LogP contribution in [0.25, 0.3) is 0 Å². The molecular weight excluding hydrogens is 422 g/mol. The van der Waals surface area contributed by atoms with E-state index in [0.717, 1.165) is 17.4 Å². The second kappa shape index (κ2) is 8.87. The molecule has 2 aliphatic rings. The van der Waals surface area contributed by atoms with E-state index in [2.05, 4.69) is 21.7 Å². The molecule has 3 heterocycles. The first-order chi connectivity index (χ1) is 14.5. The SMILES string of the molecule is O=C(NCC(c1cccs1)N1CCCCC1)c1ccc(N2C(=O)CCS2(=O)=O)cc1. The predicted molar refractivity (Wildman–Crippen MR) is 117 cm³/mol. The lowest BCUT2D eigenvalue weighted by Gasteiger charge is -2.34. The highest BCUT2D eigenvalue weighted by Crippen LogP contribution is 2.28. The third-order valence-corrected chi connectivity index (χ3v) is 8.27. The molecule has 0 bridgehead atoms. The number of sulfonamides is 1. The zero-order chi connectivity index (χ0) is 21.1. The first kappa shape index (κ1) is 21.0. The Kier molecular flexibility index (Phi) is 6.21. The van der Waals surface area contributed by atoms with Gasteiger partial charge in [-0.1, -0.05) is 12.5 Å². The molecule has 1 unspecified atom stereocenters. The number of benzene rings is 1. The van der Waals surface area contributed by atoms with Crippen LogP contribution in [0.1, 0.15) is 47.0 Å². The number of amides is 2. The molecule has 2 fully saturated rings. The van der Waals surface area contributed by atoms with Crippen LogP contribution in [0.4, 0.5) is 5.69 Å². The summed E-state index contributed by atoms with van der Waals surface area (Å²) in [5.74, 6) is -0.822. The highest BCUT2D eigenvalue weighted by atomic mass is 32.2. The fourth-order valence-electron chi connectivity index (χ4n) is 4.03. The van der Waals surface area contributed by atoms with Gasteiger partial charge in [0.15, 0.2) is 0 Å². The lowest BCUT2D eigenvalue weighted by atomic mass is 10.1. The number of hydrogen-bond donors (Lipinski definition) is 1. The number of piperidine rings is 1. The minimum atomic E-state index is -3.60. The molecular formula is C21H25N3O4S2. The lowest BCUT2D eigenvalue weighted by Crippen LogP contribution is -2.40. The predicted octanol–water partition coefficient (Wildman–Crippen LogP) is 2.77. The summed E-state index contributed by atoms with van der Waals surface area (Å²) in [6, 6.07) is 10.4. The molecule has 7 nitrogen and oxygen atoms in total. The van der Waals surface area contributed by atoms with Crippen LogP contribution >= 0.6 is 11.3 Å². The number of carbonyl (C=O) groups excluding carboxylic acids is 2. The fourth-order valence-corrected chi connectivity index (χ4v) is 6.35. The van der Waals surface area contributed by atoms with Crippen LogP contribution in [0.2, 0.25) is 0 Å². The van der Waals surface area contributed by atoms with Gasteiger partial charge in [-0.2, -0.15) is 0 Å². The summed E-state index contributed by atoms with van der Waals surface area (Å²) in [6.45, 7) is 2.58. The molecule has 30 heavy (non-hydrogen) atoms. The van der Waals surface area contributed by atoms with Crippen molar-refractivity contribution in [3.8, 4) is 0 Å². The number of thiophene rings is 1. The van der Waals surface area contributed by atoms with Gasteiger partial charge in [0.05, 0.1) is 17.5 Å². The van der Waals surface area contributed by atoms with Crippen LogP contribution in [0.3, 0.4) is 0 Å². The second-order valence-corrected chi connectivity index (χ2v) is 10.5.